The highest BCUT2D eigenvalue weighted by molar-refractivity contribution is 9.10. The molecule has 2 heterocycles. The van der Waals surface area contributed by atoms with Crippen LogP contribution in [-0.2, 0) is 9.59 Å². The van der Waals surface area contributed by atoms with Gasteiger partial charge in [0.05, 0.1) is 6.04 Å². The fourth-order valence-electron chi connectivity index (χ4n) is 4.06. The Bertz CT molecular complexity index is 824. The van der Waals surface area contributed by atoms with Gasteiger partial charge in [0.25, 0.3) is 0 Å². The Hall–Kier alpha value is -2.14. The zero-order chi connectivity index (χ0) is 18.1. The first-order chi connectivity index (χ1) is 12.6. The van der Waals surface area contributed by atoms with Crippen molar-refractivity contribution < 1.29 is 9.59 Å². The number of hydrogen-bond acceptors (Lipinski definition) is 2. The van der Waals surface area contributed by atoms with Crippen molar-refractivity contribution in [3.8, 4) is 0 Å². The molecule has 0 spiro atoms. The van der Waals surface area contributed by atoms with E-state index in [4.69, 9.17) is 0 Å². The molecule has 134 valence electrons. The quantitative estimate of drug-likeness (QED) is 0.709. The van der Waals surface area contributed by atoms with Crippen molar-refractivity contribution in [1.29, 1.82) is 0 Å². The van der Waals surface area contributed by atoms with Gasteiger partial charge in [-0.3, -0.25) is 9.59 Å². The van der Waals surface area contributed by atoms with Crippen molar-refractivity contribution in [2.45, 2.75) is 25.3 Å². The Morgan fingerprint density at radius 3 is 2.58 bits per heavy atom. The summed E-state index contributed by atoms with van der Waals surface area (Å²) >= 11 is 3.45. The Morgan fingerprint density at radius 1 is 1.00 bits per heavy atom. The molecule has 0 aliphatic carbocycles. The minimum absolute atomic E-state index is 0.0150. The van der Waals surface area contributed by atoms with E-state index in [0.717, 1.165) is 35.1 Å². The van der Waals surface area contributed by atoms with Crippen molar-refractivity contribution in [3.63, 3.8) is 0 Å². The molecule has 0 saturated carbocycles. The van der Waals surface area contributed by atoms with Crippen LogP contribution in [-0.4, -0.2) is 29.8 Å². The minimum atomic E-state index is -0.557. The van der Waals surface area contributed by atoms with Crippen LogP contribution in [0.3, 0.4) is 0 Å². The van der Waals surface area contributed by atoms with E-state index in [-0.39, 0.29) is 17.9 Å². The van der Waals surface area contributed by atoms with Gasteiger partial charge in [-0.25, -0.2) is 0 Å². The number of anilines is 1. The van der Waals surface area contributed by atoms with E-state index in [9.17, 15) is 9.59 Å². The van der Waals surface area contributed by atoms with E-state index in [1.165, 1.54) is 0 Å². The second-order valence-corrected chi connectivity index (χ2v) is 7.83. The molecule has 2 aromatic rings. The minimum Gasteiger partial charge on any atom is -0.335 e. The number of hydrogen-bond donors (Lipinski definition) is 0. The molecule has 0 N–H and O–H groups in total. The first-order valence-corrected chi connectivity index (χ1v) is 9.87. The lowest BCUT2D eigenvalue weighted by Crippen LogP contribution is -2.39. The Balaban J connectivity index is 1.52. The van der Waals surface area contributed by atoms with E-state index >= 15 is 0 Å². The first-order valence-electron chi connectivity index (χ1n) is 9.07. The van der Waals surface area contributed by atoms with Gasteiger partial charge >= 0.3 is 0 Å². The highest BCUT2D eigenvalue weighted by atomic mass is 79.9. The molecule has 2 amide bonds. The largest absolute Gasteiger partial charge is 0.335 e. The van der Waals surface area contributed by atoms with Gasteiger partial charge in [-0.1, -0.05) is 52.3 Å². The zero-order valence-corrected chi connectivity index (χ0v) is 16.1. The third-order valence-corrected chi connectivity index (χ3v) is 5.84. The Kier molecular flexibility index (Phi) is 4.81. The van der Waals surface area contributed by atoms with E-state index < -0.39 is 5.92 Å². The maximum absolute atomic E-state index is 13.2. The van der Waals surface area contributed by atoms with E-state index in [1.807, 2.05) is 47.4 Å². The molecule has 2 aliphatic rings. The normalized spacial score (nSPS) is 22.9. The monoisotopic (exact) mass is 412 g/mol. The molecule has 2 saturated heterocycles. The number of nitrogens with zero attached hydrogens (tertiary/aromatic N) is 2. The summed E-state index contributed by atoms with van der Waals surface area (Å²) in [6, 6.07) is 17.9. The molecule has 4 rings (SSSR count). The first kappa shape index (κ1) is 17.3. The fourth-order valence-corrected chi connectivity index (χ4v) is 4.45. The van der Waals surface area contributed by atoms with Gasteiger partial charge < -0.3 is 9.80 Å². The van der Waals surface area contributed by atoms with Gasteiger partial charge in [-0.15, -0.1) is 0 Å². The van der Waals surface area contributed by atoms with Gasteiger partial charge in [-0.2, -0.15) is 0 Å². The van der Waals surface area contributed by atoms with Crippen LogP contribution in [0.5, 0.6) is 0 Å². The molecule has 0 radical (unpaired) electrons. The summed E-state index contributed by atoms with van der Waals surface area (Å²) < 4.78 is 0.932. The average Bonchev–Trinajstić information content (AvgIpc) is 3.29. The molecule has 5 heteroatoms. The third kappa shape index (κ3) is 3.16. The summed E-state index contributed by atoms with van der Waals surface area (Å²) in [6.45, 7) is 1.33. The summed E-state index contributed by atoms with van der Waals surface area (Å²) in [5, 5.41) is 0. The molecular weight excluding hydrogens is 392 g/mol. The van der Waals surface area contributed by atoms with Crippen molar-refractivity contribution in [3.05, 3.63) is 64.6 Å². The molecule has 0 unspecified atom stereocenters. The second-order valence-electron chi connectivity index (χ2n) is 6.91. The number of amides is 2. The lowest BCUT2D eigenvalue weighted by atomic mass is 10.0. The number of benzene rings is 2. The molecular formula is C21H21BrN2O2. The smallest absolute Gasteiger partial charge is 0.239 e. The summed E-state index contributed by atoms with van der Waals surface area (Å²) in [4.78, 5) is 29.7. The summed E-state index contributed by atoms with van der Waals surface area (Å²) in [7, 11) is 0. The molecule has 0 aromatic heterocycles. The van der Waals surface area contributed by atoms with Crippen LogP contribution >= 0.6 is 15.9 Å². The van der Waals surface area contributed by atoms with Crippen LogP contribution in [0.25, 0.3) is 0 Å². The predicted octanol–water partition coefficient (Wildman–Crippen LogP) is 4.17. The van der Waals surface area contributed by atoms with Crippen LogP contribution in [0.1, 0.15) is 30.9 Å². The molecule has 0 bridgehead atoms. The van der Waals surface area contributed by atoms with Crippen LogP contribution in [0.15, 0.2) is 59.1 Å². The number of rotatable bonds is 3. The second kappa shape index (κ2) is 7.23. The van der Waals surface area contributed by atoms with Gasteiger partial charge in [0.15, 0.2) is 0 Å². The van der Waals surface area contributed by atoms with Gasteiger partial charge in [0.1, 0.15) is 5.92 Å². The highest BCUT2D eigenvalue weighted by Gasteiger charge is 2.42. The molecule has 2 atom stereocenters. The summed E-state index contributed by atoms with van der Waals surface area (Å²) in [6.07, 6.45) is 2.54. The van der Waals surface area contributed by atoms with Gasteiger partial charge in [0, 0.05) is 23.2 Å². The Labute approximate surface area is 161 Å². The standard InChI is InChI=1S/C21H21BrN2O2/c22-16-8-4-9-17(14-16)23-13-11-18(20(23)25)21(26)24-12-5-10-19(24)15-6-2-1-3-7-15/h1-4,6-9,14,18-19H,5,10-13H2/t18-,19+/m0/s1. The molecule has 4 nitrogen and oxygen atoms in total. The molecule has 2 fully saturated rings. The lowest BCUT2D eigenvalue weighted by molar-refractivity contribution is -0.140. The number of likely N-dealkylation sites (tertiary alicyclic amines) is 1. The van der Waals surface area contributed by atoms with Gasteiger partial charge in [0.2, 0.25) is 11.8 Å². The number of carbonyl (C=O) groups is 2. The van der Waals surface area contributed by atoms with E-state index in [1.54, 1.807) is 4.90 Å². The summed E-state index contributed by atoms with van der Waals surface area (Å²) in [5.41, 5.74) is 2.01. The van der Waals surface area contributed by atoms with Crippen molar-refractivity contribution in [2.24, 2.45) is 5.92 Å². The summed E-state index contributed by atoms with van der Waals surface area (Å²) in [5.74, 6) is -0.649. The maximum atomic E-state index is 13.2. The van der Waals surface area contributed by atoms with Crippen molar-refractivity contribution in [1.82, 2.24) is 4.90 Å². The topological polar surface area (TPSA) is 40.6 Å². The van der Waals surface area contributed by atoms with E-state index in [0.29, 0.717) is 13.0 Å². The van der Waals surface area contributed by atoms with Crippen LogP contribution < -0.4 is 4.90 Å². The Morgan fingerprint density at radius 2 is 1.81 bits per heavy atom. The lowest BCUT2D eigenvalue weighted by Gasteiger charge is -2.27. The third-order valence-electron chi connectivity index (χ3n) is 5.34. The zero-order valence-electron chi connectivity index (χ0n) is 14.5. The van der Waals surface area contributed by atoms with Crippen LogP contribution in [0.4, 0.5) is 5.69 Å². The van der Waals surface area contributed by atoms with Crippen LogP contribution in [0, 0.1) is 5.92 Å². The highest BCUT2D eigenvalue weighted by Crippen LogP contribution is 2.35. The predicted molar refractivity (Wildman–Crippen MR) is 105 cm³/mol. The van der Waals surface area contributed by atoms with Crippen LogP contribution in [0.2, 0.25) is 0 Å². The van der Waals surface area contributed by atoms with Crippen molar-refractivity contribution >= 4 is 33.4 Å². The fraction of sp³-hybridized carbons (Fsp3) is 0.333. The number of halogens is 1. The molecule has 26 heavy (non-hydrogen) atoms. The van der Waals surface area contributed by atoms with Crippen molar-refractivity contribution in [2.75, 3.05) is 18.0 Å². The molecule has 2 aliphatic heterocycles. The average molecular weight is 413 g/mol. The SMILES string of the molecule is O=C1[C@@H](C(=O)N2CCC[C@@H]2c2ccccc2)CCN1c1cccc(Br)c1. The molecule has 2 aromatic carbocycles. The number of carbonyl (C=O) groups excluding carboxylic acids is 2. The van der Waals surface area contributed by atoms with Gasteiger partial charge in [-0.05, 0) is 43.0 Å². The maximum Gasteiger partial charge on any atom is 0.239 e. The van der Waals surface area contributed by atoms with E-state index in [2.05, 4.69) is 28.1 Å².